The average Bonchev–Trinajstić information content (AvgIpc) is 3.10. The Bertz CT molecular complexity index is 1300. The Morgan fingerprint density at radius 2 is 1.38 bits per heavy atom. The van der Waals surface area contributed by atoms with Gasteiger partial charge in [0.15, 0.2) is 0 Å². The molecule has 0 fully saturated rings. The van der Waals surface area contributed by atoms with Crippen LogP contribution < -0.4 is 0 Å². The van der Waals surface area contributed by atoms with E-state index < -0.39 is 0 Å². The maximum absolute atomic E-state index is 4.76. The highest BCUT2D eigenvalue weighted by Gasteiger charge is 2.35. The van der Waals surface area contributed by atoms with Crippen molar-refractivity contribution in [2.45, 2.75) is 39.0 Å². The topological polar surface area (TPSA) is 12.9 Å². The molecule has 0 unspecified atom stereocenters. The molecule has 32 heavy (non-hydrogen) atoms. The number of fused-ring (bicyclic) bond motifs is 1. The predicted molar refractivity (Wildman–Crippen MR) is 137 cm³/mol. The molecule has 0 radical (unpaired) electrons. The molecule has 1 aromatic heterocycles. The Balaban J connectivity index is 1.75. The van der Waals surface area contributed by atoms with Crippen LogP contribution in [0.4, 0.5) is 0 Å². The molecule has 1 heteroatoms. The van der Waals surface area contributed by atoms with Crippen LogP contribution in [0.15, 0.2) is 91.1 Å². The van der Waals surface area contributed by atoms with E-state index in [2.05, 4.69) is 119 Å². The molecule has 0 bridgehead atoms. The van der Waals surface area contributed by atoms with Crippen LogP contribution in [0.25, 0.3) is 34.0 Å². The first-order valence-electron chi connectivity index (χ1n) is 11.4. The average molecular weight is 416 g/mol. The lowest BCUT2D eigenvalue weighted by molar-refractivity contribution is 0.704. The molecule has 0 atom stereocenters. The van der Waals surface area contributed by atoms with E-state index in [1.165, 1.54) is 44.5 Å². The van der Waals surface area contributed by atoms with Gasteiger partial charge < -0.3 is 0 Å². The van der Waals surface area contributed by atoms with E-state index in [0.29, 0.717) is 5.92 Å². The van der Waals surface area contributed by atoms with E-state index >= 15 is 0 Å². The lowest BCUT2D eigenvalue weighted by atomic mass is 9.77. The van der Waals surface area contributed by atoms with E-state index in [-0.39, 0.29) is 5.41 Å². The van der Waals surface area contributed by atoms with E-state index in [9.17, 15) is 0 Å². The summed E-state index contributed by atoms with van der Waals surface area (Å²) in [6.07, 6.45) is 4.34. The smallest absolute Gasteiger partial charge is 0.0705 e. The van der Waals surface area contributed by atoms with Crippen molar-refractivity contribution < 1.29 is 0 Å². The molecule has 0 amide bonds. The van der Waals surface area contributed by atoms with E-state index in [1.807, 2.05) is 6.20 Å². The summed E-state index contributed by atoms with van der Waals surface area (Å²) in [4.78, 5) is 4.76. The number of hydrogen-bond donors (Lipinski definition) is 0. The van der Waals surface area contributed by atoms with Crippen LogP contribution in [0.1, 0.15) is 55.9 Å². The van der Waals surface area contributed by atoms with Gasteiger partial charge in [0.1, 0.15) is 0 Å². The van der Waals surface area contributed by atoms with Crippen LogP contribution >= 0.6 is 0 Å². The first-order valence-corrected chi connectivity index (χ1v) is 11.4. The number of aromatic nitrogens is 1. The second kappa shape index (κ2) is 7.91. The predicted octanol–water partition coefficient (Wildman–Crippen LogP) is 8.37. The zero-order valence-electron chi connectivity index (χ0n) is 19.3. The summed E-state index contributed by atoms with van der Waals surface area (Å²) in [5.74, 6) is 0.475. The Kier molecular flexibility index (Phi) is 5.06. The van der Waals surface area contributed by atoms with Gasteiger partial charge in [-0.1, -0.05) is 88.4 Å². The van der Waals surface area contributed by atoms with Crippen molar-refractivity contribution >= 4 is 11.6 Å². The SMILES string of the molecule is CC(C)c1ccnc(-c2cc(-c3ccccc3)c3c(c2)C(C)(C)C(c2ccccc2)=C3)c1. The van der Waals surface area contributed by atoms with Gasteiger partial charge in [0.05, 0.1) is 5.69 Å². The number of pyridine rings is 1. The molecule has 0 spiro atoms. The van der Waals surface area contributed by atoms with Crippen molar-refractivity contribution in [2.24, 2.45) is 0 Å². The van der Waals surface area contributed by atoms with Crippen LogP contribution in [-0.4, -0.2) is 4.98 Å². The molecule has 4 aromatic rings. The Labute approximate surface area is 191 Å². The van der Waals surface area contributed by atoms with Crippen molar-refractivity contribution in [3.63, 3.8) is 0 Å². The Hall–Kier alpha value is -3.45. The fourth-order valence-electron chi connectivity index (χ4n) is 4.83. The van der Waals surface area contributed by atoms with Crippen molar-refractivity contribution in [2.75, 3.05) is 0 Å². The third-order valence-corrected chi connectivity index (χ3v) is 6.73. The maximum atomic E-state index is 4.76. The highest BCUT2D eigenvalue weighted by Crippen LogP contribution is 2.50. The summed E-state index contributed by atoms with van der Waals surface area (Å²) in [6, 6.07) is 30.6. The normalized spacial score (nSPS) is 14.3. The van der Waals surface area contributed by atoms with Gasteiger partial charge in [-0.05, 0) is 75.2 Å². The number of allylic oxidation sites excluding steroid dienone is 1. The summed E-state index contributed by atoms with van der Waals surface area (Å²) in [5, 5.41) is 0. The third kappa shape index (κ3) is 3.48. The molecule has 1 nitrogen and oxygen atoms in total. The fraction of sp³-hybridized carbons (Fsp3) is 0.194. The molecule has 0 saturated carbocycles. The third-order valence-electron chi connectivity index (χ3n) is 6.73. The molecule has 0 saturated heterocycles. The van der Waals surface area contributed by atoms with Crippen molar-refractivity contribution in [1.82, 2.24) is 4.98 Å². The summed E-state index contributed by atoms with van der Waals surface area (Å²) in [5.41, 5.74) is 11.3. The number of benzene rings is 3. The van der Waals surface area contributed by atoms with Crippen LogP contribution in [0.5, 0.6) is 0 Å². The van der Waals surface area contributed by atoms with E-state index in [4.69, 9.17) is 4.98 Å². The minimum absolute atomic E-state index is 0.0914. The molecule has 1 aliphatic carbocycles. The molecule has 1 heterocycles. The van der Waals surface area contributed by atoms with Gasteiger partial charge >= 0.3 is 0 Å². The van der Waals surface area contributed by atoms with Gasteiger partial charge in [-0.15, -0.1) is 0 Å². The van der Waals surface area contributed by atoms with Crippen molar-refractivity contribution in [3.8, 4) is 22.4 Å². The number of rotatable bonds is 4. The molecule has 3 aromatic carbocycles. The lowest BCUT2D eigenvalue weighted by Crippen LogP contribution is -2.16. The first kappa shape index (κ1) is 20.5. The highest BCUT2D eigenvalue weighted by molar-refractivity contribution is 5.99. The lowest BCUT2D eigenvalue weighted by Gasteiger charge is -2.26. The molecular weight excluding hydrogens is 386 g/mol. The fourth-order valence-corrected chi connectivity index (χ4v) is 4.83. The highest BCUT2D eigenvalue weighted by atomic mass is 14.7. The minimum atomic E-state index is -0.0914. The van der Waals surface area contributed by atoms with Crippen molar-refractivity contribution in [1.29, 1.82) is 0 Å². The van der Waals surface area contributed by atoms with Crippen LogP contribution in [0, 0.1) is 0 Å². The quantitative estimate of drug-likeness (QED) is 0.326. The first-order chi connectivity index (χ1) is 15.4. The van der Waals surface area contributed by atoms with E-state index in [1.54, 1.807) is 0 Å². The Morgan fingerprint density at radius 3 is 2.03 bits per heavy atom. The second-order valence-electron chi connectivity index (χ2n) is 9.53. The molecule has 0 aliphatic heterocycles. The zero-order valence-corrected chi connectivity index (χ0v) is 19.3. The summed E-state index contributed by atoms with van der Waals surface area (Å²) < 4.78 is 0. The molecule has 0 N–H and O–H groups in total. The maximum Gasteiger partial charge on any atom is 0.0705 e. The number of nitrogens with zero attached hydrogens (tertiary/aromatic N) is 1. The largest absolute Gasteiger partial charge is 0.256 e. The van der Waals surface area contributed by atoms with E-state index in [0.717, 1.165) is 5.69 Å². The molecular formula is C31H29N. The standard InChI is InChI=1S/C31H29N/c1-21(2)24-15-16-32-30(19-24)25-17-26(22-11-7-5-8-12-22)27-20-28(23-13-9-6-10-14-23)31(3,4)29(27)18-25/h5-21H,1-4H3. The molecule has 158 valence electrons. The Morgan fingerprint density at radius 1 is 0.719 bits per heavy atom. The van der Waals surface area contributed by atoms with Gasteiger partial charge in [0, 0.05) is 17.2 Å². The zero-order chi connectivity index (χ0) is 22.3. The monoisotopic (exact) mass is 415 g/mol. The molecule has 5 rings (SSSR count). The van der Waals surface area contributed by atoms with Crippen LogP contribution in [-0.2, 0) is 5.41 Å². The van der Waals surface area contributed by atoms with Crippen LogP contribution in [0.3, 0.4) is 0 Å². The summed E-state index contributed by atoms with van der Waals surface area (Å²) in [6.45, 7) is 9.15. The van der Waals surface area contributed by atoms with Crippen molar-refractivity contribution in [3.05, 3.63) is 113 Å². The van der Waals surface area contributed by atoms with Crippen LogP contribution in [0.2, 0.25) is 0 Å². The summed E-state index contributed by atoms with van der Waals surface area (Å²) >= 11 is 0. The molecule has 1 aliphatic rings. The van der Waals surface area contributed by atoms with Gasteiger partial charge in [-0.2, -0.15) is 0 Å². The van der Waals surface area contributed by atoms with Gasteiger partial charge in [0.25, 0.3) is 0 Å². The van der Waals surface area contributed by atoms with Gasteiger partial charge in [-0.25, -0.2) is 0 Å². The minimum Gasteiger partial charge on any atom is -0.256 e. The second-order valence-corrected chi connectivity index (χ2v) is 9.53. The van der Waals surface area contributed by atoms with Gasteiger partial charge in [-0.3, -0.25) is 4.98 Å². The van der Waals surface area contributed by atoms with Gasteiger partial charge in [0.2, 0.25) is 0 Å². The number of hydrogen-bond acceptors (Lipinski definition) is 1. The summed E-state index contributed by atoms with van der Waals surface area (Å²) in [7, 11) is 0.